The number of benzene rings is 1. The molecule has 3 aromatic rings. The molecule has 2 aromatic heterocycles. The van der Waals surface area contributed by atoms with Gasteiger partial charge in [-0.2, -0.15) is 0 Å². The number of ether oxygens (including phenoxy) is 1. The molecule has 2 fully saturated rings. The maximum atomic E-state index is 13.0. The largest absolute Gasteiger partial charge is 0.378 e. The van der Waals surface area contributed by atoms with Crippen LogP contribution in [0.5, 0.6) is 0 Å². The number of aromatic nitrogens is 3. The molecule has 1 aromatic carbocycles. The molecule has 0 amide bonds. The molecule has 0 atom stereocenters. The molecule has 5 rings (SSSR count). The minimum absolute atomic E-state index is 0.0524. The summed E-state index contributed by atoms with van der Waals surface area (Å²) in [5.41, 5.74) is 2.05. The van der Waals surface area contributed by atoms with E-state index in [-0.39, 0.29) is 5.56 Å². The van der Waals surface area contributed by atoms with Crippen molar-refractivity contribution in [1.82, 2.24) is 14.5 Å². The molecule has 1 saturated heterocycles. The van der Waals surface area contributed by atoms with Crippen molar-refractivity contribution in [3.8, 4) is 0 Å². The lowest BCUT2D eigenvalue weighted by Gasteiger charge is -2.27. The Morgan fingerprint density at radius 3 is 2.83 bits per heavy atom. The molecule has 2 aliphatic rings. The third-order valence-corrected chi connectivity index (χ3v) is 6.89. The average Bonchev–Trinajstić information content (AvgIpc) is 3.18. The van der Waals surface area contributed by atoms with Crippen LogP contribution in [-0.4, -0.2) is 46.9 Å². The molecule has 0 unspecified atom stereocenters. The summed E-state index contributed by atoms with van der Waals surface area (Å²) in [7, 11) is 0. The van der Waals surface area contributed by atoms with E-state index in [1.807, 2.05) is 4.90 Å². The van der Waals surface area contributed by atoms with E-state index in [2.05, 4.69) is 28.5 Å². The van der Waals surface area contributed by atoms with Crippen molar-refractivity contribution < 1.29 is 4.74 Å². The highest BCUT2D eigenvalue weighted by atomic mass is 32.1. The highest BCUT2D eigenvalue weighted by molar-refractivity contribution is 7.22. The number of nitrogens with zero attached hydrogens (tertiary/aromatic N) is 4. The quantitative estimate of drug-likeness (QED) is 0.675. The molecule has 7 nitrogen and oxygen atoms in total. The maximum Gasteiger partial charge on any atom is 0.293 e. The smallest absolute Gasteiger partial charge is 0.293 e. The summed E-state index contributed by atoms with van der Waals surface area (Å²) < 4.78 is 8.28. The van der Waals surface area contributed by atoms with E-state index in [0.717, 1.165) is 20.9 Å². The van der Waals surface area contributed by atoms with Crippen LogP contribution in [0.15, 0.2) is 35.4 Å². The van der Waals surface area contributed by atoms with Gasteiger partial charge in [-0.3, -0.25) is 4.79 Å². The number of rotatable bonds is 5. The Morgan fingerprint density at radius 2 is 2.00 bits per heavy atom. The molecular formula is C22H27N5O2S. The van der Waals surface area contributed by atoms with E-state index in [4.69, 9.17) is 9.72 Å². The van der Waals surface area contributed by atoms with Crippen molar-refractivity contribution in [2.45, 2.75) is 44.7 Å². The molecule has 1 saturated carbocycles. The molecule has 30 heavy (non-hydrogen) atoms. The Morgan fingerprint density at radius 1 is 1.17 bits per heavy atom. The first-order valence-electron chi connectivity index (χ1n) is 10.8. The zero-order valence-electron chi connectivity index (χ0n) is 17.0. The van der Waals surface area contributed by atoms with Gasteiger partial charge in [0.25, 0.3) is 5.56 Å². The molecular weight excluding hydrogens is 398 g/mol. The molecule has 0 bridgehead atoms. The van der Waals surface area contributed by atoms with E-state index < -0.39 is 0 Å². The lowest BCUT2D eigenvalue weighted by molar-refractivity contribution is 0.122. The van der Waals surface area contributed by atoms with E-state index in [9.17, 15) is 4.79 Å². The average molecular weight is 426 g/mol. The van der Waals surface area contributed by atoms with Crippen LogP contribution in [-0.2, 0) is 11.3 Å². The van der Waals surface area contributed by atoms with Gasteiger partial charge >= 0.3 is 0 Å². The topological polar surface area (TPSA) is 72.3 Å². The number of nitrogens with one attached hydrogen (secondary N) is 1. The minimum Gasteiger partial charge on any atom is -0.378 e. The van der Waals surface area contributed by atoms with Crippen LogP contribution < -0.4 is 15.8 Å². The fraction of sp³-hybridized carbons (Fsp3) is 0.500. The van der Waals surface area contributed by atoms with Gasteiger partial charge in [-0.1, -0.05) is 36.7 Å². The summed E-state index contributed by atoms with van der Waals surface area (Å²) in [6.07, 6.45) is 9.90. The van der Waals surface area contributed by atoms with Crippen LogP contribution in [0, 0.1) is 0 Å². The summed E-state index contributed by atoms with van der Waals surface area (Å²) in [5.74, 6) is 0.513. The van der Waals surface area contributed by atoms with Gasteiger partial charge in [0.05, 0.1) is 30.0 Å². The normalized spacial score (nSPS) is 18.1. The number of thiazole rings is 1. The number of hydrogen-bond acceptors (Lipinski definition) is 7. The highest BCUT2D eigenvalue weighted by Gasteiger charge is 2.17. The Bertz CT molecular complexity index is 1070. The summed E-state index contributed by atoms with van der Waals surface area (Å²) in [6.45, 7) is 3.20. The Labute approximate surface area is 179 Å². The second-order valence-electron chi connectivity index (χ2n) is 8.08. The van der Waals surface area contributed by atoms with E-state index >= 15 is 0 Å². The number of anilines is 2. The van der Waals surface area contributed by atoms with Gasteiger partial charge in [-0.05, 0) is 30.5 Å². The SMILES string of the molecule is O=c1c(N2CCOCC2)nccn1Cc1ccc2nc(NC3CCCCC3)sc2c1. The van der Waals surface area contributed by atoms with Gasteiger partial charge in [-0.25, -0.2) is 9.97 Å². The third kappa shape index (κ3) is 4.20. The van der Waals surface area contributed by atoms with Crippen molar-refractivity contribution >= 4 is 32.5 Å². The van der Waals surface area contributed by atoms with Crippen molar-refractivity contribution in [3.05, 3.63) is 46.5 Å². The highest BCUT2D eigenvalue weighted by Crippen LogP contribution is 2.29. The zero-order chi connectivity index (χ0) is 20.3. The second kappa shape index (κ2) is 8.73. The molecule has 3 heterocycles. The third-order valence-electron chi connectivity index (χ3n) is 5.94. The van der Waals surface area contributed by atoms with Crippen LogP contribution in [0.2, 0.25) is 0 Å². The molecule has 8 heteroatoms. The summed E-state index contributed by atoms with van der Waals surface area (Å²) >= 11 is 1.70. The first-order chi connectivity index (χ1) is 14.8. The van der Waals surface area contributed by atoms with Crippen molar-refractivity contribution in [2.75, 3.05) is 36.5 Å². The minimum atomic E-state index is -0.0524. The van der Waals surface area contributed by atoms with Gasteiger partial charge in [0, 0.05) is 31.5 Å². The lowest BCUT2D eigenvalue weighted by atomic mass is 9.96. The fourth-order valence-corrected chi connectivity index (χ4v) is 5.31. The van der Waals surface area contributed by atoms with E-state index in [1.165, 1.54) is 32.1 Å². The number of morpholine rings is 1. The van der Waals surface area contributed by atoms with Crippen LogP contribution in [0.25, 0.3) is 10.2 Å². The molecule has 0 radical (unpaired) electrons. The van der Waals surface area contributed by atoms with Crippen molar-refractivity contribution in [1.29, 1.82) is 0 Å². The van der Waals surface area contributed by atoms with Crippen molar-refractivity contribution in [3.63, 3.8) is 0 Å². The van der Waals surface area contributed by atoms with E-state index in [0.29, 0.717) is 44.7 Å². The van der Waals surface area contributed by atoms with Gasteiger partial charge in [0.1, 0.15) is 0 Å². The molecule has 1 N–H and O–H groups in total. The first-order valence-corrected chi connectivity index (χ1v) is 11.6. The fourth-order valence-electron chi connectivity index (χ4n) is 4.30. The predicted molar refractivity (Wildman–Crippen MR) is 121 cm³/mol. The maximum absolute atomic E-state index is 13.0. The summed E-state index contributed by atoms with van der Waals surface area (Å²) in [6, 6.07) is 6.82. The van der Waals surface area contributed by atoms with Crippen LogP contribution in [0.4, 0.5) is 10.9 Å². The molecule has 158 valence electrons. The standard InChI is InChI=1S/C22H27N5O2S/c28-21-20(26-10-12-29-13-11-26)23-8-9-27(21)15-16-6-7-18-19(14-16)30-22(25-18)24-17-4-2-1-3-5-17/h6-9,14,17H,1-5,10-13,15H2,(H,24,25). The Kier molecular flexibility index (Phi) is 5.68. The van der Waals surface area contributed by atoms with Crippen LogP contribution >= 0.6 is 11.3 Å². The van der Waals surface area contributed by atoms with Gasteiger partial charge in [-0.15, -0.1) is 0 Å². The molecule has 1 aliphatic carbocycles. The van der Waals surface area contributed by atoms with Crippen LogP contribution in [0.3, 0.4) is 0 Å². The number of fused-ring (bicyclic) bond motifs is 1. The van der Waals surface area contributed by atoms with Crippen molar-refractivity contribution in [2.24, 2.45) is 0 Å². The second-order valence-corrected chi connectivity index (χ2v) is 9.11. The van der Waals surface area contributed by atoms with Gasteiger partial charge in [0.15, 0.2) is 10.9 Å². The van der Waals surface area contributed by atoms with Crippen LogP contribution in [0.1, 0.15) is 37.7 Å². The molecule has 1 aliphatic heterocycles. The summed E-state index contributed by atoms with van der Waals surface area (Å²) in [4.78, 5) is 24.1. The first kappa shape index (κ1) is 19.5. The Balaban J connectivity index is 1.34. The van der Waals surface area contributed by atoms with Gasteiger partial charge in [0.2, 0.25) is 0 Å². The zero-order valence-corrected chi connectivity index (χ0v) is 17.9. The monoisotopic (exact) mass is 425 g/mol. The van der Waals surface area contributed by atoms with Gasteiger partial charge < -0.3 is 19.5 Å². The Hall–Kier alpha value is -2.45. The predicted octanol–water partition coefficient (Wildman–Crippen LogP) is 3.48. The summed E-state index contributed by atoms with van der Waals surface area (Å²) in [5, 5.41) is 4.62. The van der Waals surface area contributed by atoms with E-state index in [1.54, 1.807) is 28.3 Å². The molecule has 0 spiro atoms. The lowest BCUT2D eigenvalue weighted by Crippen LogP contribution is -2.41. The number of hydrogen-bond donors (Lipinski definition) is 1.